The zero-order valence-electron chi connectivity index (χ0n) is 7.52. The van der Waals surface area contributed by atoms with Gasteiger partial charge in [-0.3, -0.25) is 0 Å². The molecule has 1 aliphatic carbocycles. The molecule has 1 aliphatic rings. The van der Waals surface area contributed by atoms with Crippen LogP contribution in [0.3, 0.4) is 0 Å². The third kappa shape index (κ3) is 1.91. The van der Waals surface area contributed by atoms with Crippen molar-refractivity contribution in [1.29, 1.82) is 10.8 Å². The molecule has 0 aromatic rings. The Hall–Kier alpha value is -1.18. The lowest BCUT2D eigenvalue weighted by atomic mass is 9.90. The molecule has 0 amide bonds. The highest BCUT2D eigenvalue weighted by Crippen LogP contribution is 2.25. The molecule has 0 aromatic carbocycles. The average Bonchev–Trinajstić information content (AvgIpc) is 2.13. The van der Waals surface area contributed by atoms with Gasteiger partial charge in [-0.1, -0.05) is 26.0 Å². The van der Waals surface area contributed by atoms with Crippen molar-refractivity contribution < 1.29 is 0 Å². The van der Waals surface area contributed by atoms with Gasteiger partial charge in [-0.25, -0.2) is 0 Å². The van der Waals surface area contributed by atoms with E-state index < -0.39 is 0 Å². The smallest absolute Gasteiger partial charge is 0.0621 e. The van der Waals surface area contributed by atoms with E-state index in [9.17, 15) is 0 Å². The summed E-state index contributed by atoms with van der Waals surface area (Å²) in [6, 6.07) is 0. The lowest BCUT2D eigenvalue weighted by Gasteiger charge is -2.15. The second-order valence-corrected chi connectivity index (χ2v) is 3.74. The molecule has 2 heteroatoms. The molecule has 0 bridgehead atoms. The summed E-state index contributed by atoms with van der Waals surface area (Å²) >= 11 is 0. The first-order chi connectivity index (χ1) is 5.55. The van der Waals surface area contributed by atoms with Crippen molar-refractivity contribution in [1.82, 2.24) is 0 Å². The number of hydrogen-bond donors (Lipinski definition) is 2. The number of hydrogen-bond acceptors (Lipinski definition) is 2. The van der Waals surface area contributed by atoms with Gasteiger partial charge < -0.3 is 10.8 Å². The molecule has 0 saturated heterocycles. The van der Waals surface area contributed by atoms with Crippen LogP contribution in [0.2, 0.25) is 0 Å². The van der Waals surface area contributed by atoms with Crippen LogP contribution in [0.1, 0.15) is 20.3 Å². The Balaban J connectivity index is 2.98. The molecule has 64 valence electrons. The van der Waals surface area contributed by atoms with Crippen LogP contribution in [0, 0.1) is 16.2 Å². The Morgan fingerprint density at radius 2 is 2.17 bits per heavy atom. The van der Waals surface area contributed by atoms with E-state index in [1.807, 2.05) is 12.2 Å². The molecule has 0 aromatic heterocycles. The minimum Gasteiger partial charge on any atom is -0.308 e. The Morgan fingerprint density at radius 1 is 1.50 bits per heavy atom. The van der Waals surface area contributed by atoms with Gasteiger partial charge in [0.25, 0.3) is 0 Å². The summed E-state index contributed by atoms with van der Waals surface area (Å²) in [5.41, 5.74) is 1.28. The predicted octanol–water partition coefficient (Wildman–Crippen LogP) is 2.57. The molecule has 0 aliphatic heterocycles. The van der Waals surface area contributed by atoms with E-state index in [0.29, 0.717) is 5.71 Å². The molecule has 0 radical (unpaired) electrons. The van der Waals surface area contributed by atoms with E-state index >= 15 is 0 Å². The molecule has 0 unspecified atom stereocenters. The standard InChI is InChI=1S/C10H14N2/c1-10(2)5-3-8(7-11)9(12)4-6-10/h3-4,6-7,11-12H,5H2,1-2H3. The van der Waals surface area contributed by atoms with Gasteiger partial charge in [0.05, 0.1) is 5.71 Å². The van der Waals surface area contributed by atoms with Crippen LogP contribution in [0.25, 0.3) is 0 Å². The van der Waals surface area contributed by atoms with E-state index in [4.69, 9.17) is 10.8 Å². The first kappa shape index (κ1) is 8.91. The Morgan fingerprint density at radius 3 is 2.75 bits per heavy atom. The zero-order chi connectivity index (χ0) is 9.19. The molecule has 2 nitrogen and oxygen atoms in total. The fourth-order valence-corrected chi connectivity index (χ4v) is 1.09. The molecule has 0 fully saturated rings. The highest BCUT2D eigenvalue weighted by Gasteiger charge is 2.15. The quantitative estimate of drug-likeness (QED) is 0.557. The predicted molar refractivity (Wildman–Crippen MR) is 52.1 cm³/mol. The highest BCUT2D eigenvalue weighted by atomic mass is 14.4. The topological polar surface area (TPSA) is 47.7 Å². The summed E-state index contributed by atoms with van der Waals surface area (Å²) in [5, 5.41) is 14.6. The molecule has 0 atom stereocenters. The molecule has 0 spiro atoms. The van der Waals surface area contributed by atoms with Crippen molar-refractivity contribution in [3.05, 3.63) is 23.8 Å². The van der Waals surface area contributed by atoms with Crippen molar-refractivity contribution in [2.24, 2.45) is 5.41 Å². The monoisotopic (exact) mass is 162 g/mol. The van der Waals surface area contributed by atoms with Crippen LogP contribution < -0.4 is 0 Å². The van der Waals surface area contributed by atoms with Crippen molar-refractivity contribution in [2.45, 2.75) is 20.3 Å². The summed E-state index contributed by atoms with van der Waals surface area (Å²) in [7, 11) is 0. The van der Waals surface area contributed by atoms with Gasteiger partial charge in [-0.15, -0.1) is 0 Å². The summed E-state index contributed by atoms with van der Waals surface area (Å²) in [4.78, 5) is 0. The molecule has 0 heterocycles. The molecule has 2 N–H and O–H groups in total. The van der Waals surface area contributed by atoms with Crippen LogP contribution >= 0.6 is 0 Å². The molecular formula is C10H14N2. The number of nitrogens with one attached hydrogen (secondary N) is 2. The van der Waals surface area contributed by atoms with E-state index in [1.165, 1.54) is 6.21 Å². The summed E-state index contributed by atoms with van der Waals surface area (Å²) in [6.07, 6.45) is 7.91. The van der Waals surface area contributed by atoms with Crippen molar-refractivity contribution >= 4 is 11.9 Å². The first-order valence-electron chi connectivity index (χ1n) is 4.04. The highest BCUT2D eigenvalue weighted by molar-refractivity contribution is 6.19. The summed E-state index contributed by atoms with van der Waals surface area (Å²) in [5.74, 6) is 0. The molecule has 0 saturated carbocycles. The van der Waals surface area contributed by atoms with E-state index in [1.54, 1.807) is 6.08 Å². The summed E-state index contributed by atoms with van der Waals surface area (Å²) < 4.78 is 0. The van der Waals surface area contributed by atoms with Crippen molar-refractivity contribution in [3.8, 4) is 0 Å². The normalized spacial score (nSPS) is 21.5. The largest absolute Gasteiger partial charge is 0.308 e. The van der Waals surface area contributed by atoms with Crippen LogP contribution in [-0.4, -0.2) is 11.9 Å². The van der Waals surface area contributed by atoms with E-state index in [2.05, 4.69) is 13.8 Å². The Bertz CT molecular complexity index is 270. The molecular weight excluding hydrogens is 148 g/mol. The number of allylic oxidation sites excluding steroid dienone is 4. The Labute approximate surface area is 73.0 Å². The number of rotatable bonds is 1. The van der Waals surface area contributed by atoms with Crippen LogP contribution in [0.5, 0.6) is 0 Å². The van der Waals surface area contributed by atoms with Gasteiger partial charge in [-0.2, -0.15) is 0 Å². The van der Waals surface area contributed by atoms with Gasteiger partial charge in [0.15, 0.2) is 0 Å². The second kappa shape index (κ2) is 3.05. The van der Waals surface area contributed by atoms with Crippen LogP contribution in [-0.2, 0) is 0 Å². The maximum Gasteiger partial charge on any atom is 0.0621 e. The lowest BCUT2D eigenvalue weighted by Crippen LogP contribution is -2.03. The minimum atomic E-state index is 0.122. The van der Waals surface area contributed by atoms with Gasteiger partial charge in [-0.05, 0) is 17.9 Å². The van der Waals surface area contributed by atoms with Gasteiger partial charge >= 0.3 is 0 Å². The van der Waals surface area contributed by atoms with Gasteiger partial charge in [0.1, 0.15) is 0 Å². The lowest BCUT2D eigenvalue weighted by molar-refractivity contribution is 0.490. The summed E-state index contributed by atoms with van der Waals surface area (Å²) in [6.45, 7) is 4.25. The van der Waals surface area contributed by atoms with Crippen molar-refractivity contribution in [3.63, 3.8) is 0 Å². The van der Waals surface area contributed by atoms with Crippen molar-refractivity contribution in [2.75, 3.05) is 0 Å². The SMILES string of the molecule is CC1(C)C=CC(=N)C(C=N)=CC1. The first-order valence-corrected chi connectivity index (χ1v) is 4.04. The second-order valence-electron chi connectivity index (χ2n) is 3.74. The average molecular weight is 162 g/mol. The Kier molecular flexibility index (Phi) is 2.27. The van der Waals surface area contributed by atoms with E-state index in [-0.39, 0.29) is 5.41 Å². The van der Waals surface area contributed by atoms with Gasteiger partial charge in [0, 0.05) is 11.8 Å². The molecule has 1 rings (SSSR count). The van der Waals surface area contributed by atoms with E-state index in [0.717, 1.165) is 12.0 Å². The maximum atomic E-state index is 7.56. The fraction of sp³-hybridized carbons (Fsp3) is 0.400. The minimum absolute atomic E-state index is 0.122. The third-order valence-corrected chi connectivity index (χ3v) is 2.02. The third-order valence-electron chi connectivity index (χ3n) is 2.02. The van der Waals surface area contributed by atoms with Gasteiger partial charge in [0.2, 0.25) is 0 Å². The zero-order valence-corrected chi connectivity index (χ0v) is 7.52. The van der Waals surface area contributed by atoms with Crippen LogP contribution in [0.15, 0.2) is 23.8 Å². The fourth-order valence-electron chi connectivity index (χ4n) is 1.09. The molecule has 12 heavy (non-hydrogen) atoms. The maximum absolute atomic E-state index is 7.56. The van der Waals surface area contributed by atoms with Crippen LogP contribution in [0.4, 0.5) is 0 Å².